The van der Waals surface area contributed by atoms with Gasteiger partial charge in [0.05, 0.1) is 12.2 Å². The van der Waals surface area contributed by atoms with Crippen LogP contribution < -0.4 is 0 Å². The molecule has 1 nitrogen and oxygen atoms in total. The molecule has 2 saturated carbocycles. The van der Waals surface area contributed by atoms with Crippen molar-refractivity contribution in [1.82, 2.24) is 0 Å². The van der Waals surface area contributed by atoms with Crippen molar-refractivity contribution in [3.63, 3.8) is 0 Å². The Bertz CT molecular complexity index is 121. The van der Waals surface area contributed by atoms with Gasteiger partial charge in [-0.15, -0.1) is 0 Å². The highest BCUT2D eigenvalue weighted by Crippen LogP contribution is 2.26. The van der Waals surface area contributed by atoms with Crippen LogP contribution in [0.25, 0.3) is 0 Å². The molecule has 2 heteroatoms. The predicted octanol–water partition coefficient (Wildman–Crippen LogP) is 3.29. The summed E-state index contributed by atoms with van der Waals surface area (Å²) in [5.74, 6) is 0. The predicted molar refractivity (Wildman–Crippen MR) is 60.6 cm³/mol. The Morgan fingerprint density at radius 1 is 0.571 bits per heavy atom. The van der Waals surface area contributed by atoms with Gasteiger partial charge < -0.3 is 4.74 Å². The molecular formula is C12H22BO. The summed E-state index contributed by atoms with van der Waals surface area (Å²) < 4.78 is 6.13. The van der Waals surface area contributed by atoms with Crippen LogP contribution >= 0.6 is 0 Å². The summed E-state index contributed by atoms with van der Waals surface area (Å²) >= 11 is 0. The van der Waals surface area contributed by atoms with Gasteiger partial charge in [0.1, 0.15) is 0 Å². The van der Waals surface area contributed by atoms with E-state index in [9.17, 15) is 0 Å². The lowest BCUT2D eigenvalue weighted by Gasteiger charge is -2.29. The summed E-state index contributed by atoms with van der Waals surface area (Å²) in [7, 11) is 0. The van der Waals surface area contributed by atoms with E-state index in [0.717, 1.165) is 0 Å². The Morgan fingerprint density at radius 3 is 1.29 bits per heavy atom. The molecule has 0 aliphatic heterocycles. The van der Waals surface area contributed by atoms with Gasteiger partial charge >= 0.3 is 0 Å². The highest BCUT2D eigenvalue weighted by atomic mass is 16.5. The normalized spacial score (nSPS) is 25.7. The number of rotatable bonds is 2. The monoisotopic (exact) mass is 193 g/mol. The topological polar surface area (TPSA) is 9.23 Å². The molecule has 0 aromatic carbocycles. The van der Waals surface area contributed by atoms with E-state index in [1.165, 1.54) is 64.2 Å². The SMILES string of the molecule is C1CCC(OC2CCCCC2)CC1.[B]. The van der Waals surface area contributed by atoms with Crippen molar-refractivity contribution in [1.29, 1.82) is 0 Å². The van der Waals surface area contributed by atoms with E-state index in [2.05, 4.69) is 0 Å². The minimum absolute atomic E-state index is 0. The van der Waals surface area contributed by atoms with Crippen molar-refractivity contribution in [3.05, 3.63) is 0 Å². The molecule has 0 saturated heterocycles. The van der Waals surface area contributed by atoms with Gasteiger partial charge in [0, 0.05) is 8.41 Å². The average molecular weight is 193 g/mol. The van der Waals surface area contributed by atoms with Crippen molar-refractivity contribution in [2.24, 2.45) is 0 Å². The van der Waals surface area contributed by atoms with Gasteiger partial charge in [-0.3, -0.25) is 0 Å². The van der Waals surface area contributed by atoms with E-state index >= 15 is 0 Å². The van der Waals surface area contributed by atoms with Crippen LogP contribution in [-0.4, -0.2) is 20.6 Å². The molecule has 14 heavy (non-hydrogen) atoms. The van der Waals surface area contributed by atoms with Crippen molar-refractivity contribution in [3.8, 4) is 0 Å². The minimum atomic E-state index is 0. The number of ether oxygens (including phenoxy) is 1. The lowest BCUT2D eigenvalue weighted by Crippen LogP contribution is -2.25. The fraction of sp³-hybridized carbons (Fsp3) is 1.00. The molecule has 0 heterocycles. The smallest absolute Gasteiger partial charge is 0.0578 e. The maximum absolute atomic E-state index is 6.13. The molecule has 2 aliphatic rings. The molecule has 3 radical (unpaired) electrons. The average Bonchev–Trinajstić information content (AvgIpc) is 2.21. The maximum Gasteiger partial charge on any atom is 0.0578 e. The summed E-state index contributed by atoms with van der Waals surface area (Å²) in [4.78, 5) is 0. The van der Waals surface area contributed by atoms with Crippen LogP contribution in [0.3, 0.4) is 0 Å². The van der Waals surface area contributed by atoms with Gasteiger partial charge in [0.2, 0.25) is 0 Å². The molecule has 2 rings (SSSR count). The fourth-order valence-electron chi connectivity index (χ4n) is 2.67. The van der Waals surface area contributed by atoms with E-state index in [0.29, 0.717) is 12.2 Å². The Hall–Kier alpha value is 0.0249. The lowest BCUT2D eigenvalue weighted by atomic mass is 9.95. The maximum atomic E-state index is 6.13. The summed E-state index contributed by atoms with van der Waals surface area (Å²) in [6.45, 7) is 0. The van der Waals surface area contributed by atoms with E-state index in [-0.39, 0.29) is 8.41 Å². The quantitative estimate of drug-likeness (QED) is 0.611. The van der Waals surface area contributed by atoms with Crippen LogP contribution in [0.1, 0.15) is 64.2 Å². The molecular weight excluding hydrogens is 171 g/mol. The zero-order valence-electron chi connectivity index (χ0n) is 9.21. The van der Waals surface area contributed by atoms with Crippen molar-refractivity contribution < 1.29 is 4.74 Å². The first-order chi connectivity index (χ1) is 6.45. The van der Waals surface area contributed by atoms with Crippen LogP contribution in [0.4, 0.5) is 0 Å². The lowest BCUT2D eigenvalue weighted by molar-refractivity contribution is -0.0450. The summed E-state index contributed by atoms with van der Waals surface area (Å²) in [6, 6.07) is 0. The van der Waals surface area contributed by atoms with E-state index in [1.54, 1.807) is 0 Å². The molecule has 2 fully saturated rings. The van der Waals surface area contributed by atoms with E-state index < -0.39 is 0 Å². The third-order valence-electron chi connectivity index (χ3n) is 3.49. The molecule has 0 aromatic rings. The van der Waals surface area contributed by atoms with Crippen molar-refractivity contribution in [2.75, 3.05) is 0 Å². The van der Waals surface area contributed by atoms with Crippen LogP contribution in [-0.2, 0) is 4.74 Å². The third-order valence-corrected chi connectivity index (χ3v) is 3.49. The highest BCUT2D eigenvalue weighted by Gasteiger charge is 2.20. The zero-order chi connectivity index (χ0) is 8.93. The molecule has 79 valence electrons. The first-order valence-electron chi connectivity index (χ1n) is 6.10. The standard InChI is InChI=1S/C12H22O.B/c1-3-7-11(8-4-1)13-12-9-5-2-6-10-12;/h11-12H,1-10H2;. The second-order valence-corrected chi connectivity index (χ2v) is 4.66. The molecule has 0 aromatic heterocycles. The van der Waals surface area contributed by atoms with Gasteiger partial charge in [0.15, 0.2) is 0 Å². The Balaban J connectivity index is 0.000000980. The van der Waals surface area contributed by atoms with Gasteiger partial charge in [-0.05, 0) is 25.7 Å². The molecule has 0 unspecified atom stereocenters. The molecule has 2 aliphatic carbocycles. The van der Waals surface area contributed by atoms with Gasteiger partial charge in [-0.1, -0.05) is 38.5 Å². The highest BCUT2D eigenvalue weighted by molar-refractivity contribution is 5.75. The molecule has 0 atom stereocenters. The second-order valence-electron chi connectivity index (χ2n) is 4.66. The Morgan fingerprint density at radius 2 is 0.929 bits per heavy atom. The zero-order valence-corrected chi connectivity index (χ0v) is 9.21. The number of hydrogen-bond acceptors (Lipinski definition) is 1. The van der Waals surface area contributed by atoms with Crippen LogP contribution in [0.5, 0.6) is 0 Å². The molecule has 0 N–H and O–H groups in total. The molecule has 0 bridgehead atoms. The van der Waals surface area contributed by atoms with E-state index in [1.807, 2.05) is 0 Å². The first kappa shape index (κ1) is 12.1. The summed E-state index contributed by atoms with van der Waals surface area (Å²) in [5, 5.41) is 0. The Kier molecular flexibility index (Phi) is 5.61. The van der Waals surface area contributed by atoms with Crippen molar-refractivity contribution >= 4 is 8.41 Å². The summed E-state index contributed by atoms with van der Waals surface area (Å²) in [6.07, 6.45) is 15.0. The van der Waals surface area contributed by atoms with Crippen LogP contribution in [0.2, 0.25) is 0 Å². The van der Waals surface area contributed by atoms with Gasteiger partial charge in [-0.2, -0.15) is 0 Å². The first-order valence-corrected chi connectivity index (χ1v) is 6.10. The fourth-order valence-corrected chi connectivity index (χ4v) is 2.67. The minimum Gasteiger partial charge on any atom is -0.375 e. The Labute approximate surface area is 90.2 Å². The second kappa shape index (κ2) is 6.50. The summed E-state index contributed by atoms with van der Waals surface area (Å²) in [5.41, 5.74) is 0. The van der Waals surface area contributed by atoms with E-state index in [4.69, 9.17) is 4.74 Å². The van der Waals surface area contributed by atoms with Crippen molar-refractivity contribution in [2.45, 2.75) is 76.4 Å². The largest absolute Gasteiger partial charge is 0.375 e. The third kappa shape index (κ3) is 3.64. The van der Waals surface area contributed by atoms with Gasteiger partial charge in [-0.25, -0.2) is 0 Å². The van der Waals surface area contributed by atoms with Gasteiger partial charge in [0.25, 0.3) is 0 Å². The van der Waals surface area contributed by atoms with Crippen LogP contribution in [0.15, 0.2) is 0 Å². The van der Waals surface area contributed by atoms with Crippen LogP contribution in [0, 0.1) is 0 Å². The number of hydrogen-bond donors (Lipinski definition) is 0. The molecule has 0 amide bonds. The molecule has 0 spiro atoms.